The number of halogens is 1. The summed E-state index contributed by atoms with van der Waals surface area (Å²) in [5.41, 5.74) is 0.935. The van der Waals surface area contributed by atoms with Gasteiger partial charge in [0.2, 0.25) is 0 Å². The molecule has 2 aromatic rings. The van der Waals surface area contributed by atoms with E-state index >= 15 is 0 Å². The van der Waals surface area contributed by atoms with Crippen LogP contribution in [0.4, 0.5) is 0 Å². The first-order chi connectivity index (χ1) is 8.15. The topological polar surface area (TPSA) is 55.6 Å². The zero-order valence-electron chi connectivity index (χ0n) is 9.76. The molecule has 0 saturated carbocycles. The first kappa shape index (κ1) is 12.4. The van der Waals surface area contributed by atoms with Crippen molar-refractivity contribution < 1.29 is 0 Å². The molecule has 0 bridgehead atoms. The molecule has 0 aliphatic rings. The zero-order chi connectivity index (χ0) is 12.3. The van der Waals surface area contributed by atoms with Gasteiger partial charge in [-0.3, -0.25) is 4.98 Å². The maximum atomic E-state index is 4.35. The van der Waals surface area contributed by atoms with Crippen molar-refractivity contribution in [3.8, 4) is 5.82 Å². The van der Waals surface area contributed by atoms with E-state index in [1.54, 1.807) is 23.3 Å². The molecule has 0 fully saturated rings. The molecule has 0 spiro atoms. The lowest BCUT2D eigenvalue weighted by atomic mass is 10.3. The second kappa shape index (κ2) is 5.54. The lowest BCUT2D eigenvalue weighted by Crippen LogP contribution is -2.22. The van der Waals surface area contributed by atoms with E-state index < -0.39 is 0 Å². The van der Waals surface area contributed by atoms with Gasteiger partial charge in [0, 0.05) is 18.8 Å². The number of rotatable bonds is 4. The Balaban J connectivity index is 2.07. The Morgan fingerprint density at radius 2 is 2.12 bits per heavy atom. The highest BCUT2D eigenvalue weighted by atomic mass is 127. The zero-order valence-corrected chi connectivity index (χ0v) is 11.9. The van der Waals surface area contributed by atoms with Gasteiger partial charge in [-0.1, -0.05) is 13.8 Å². The smallest absolute Gasteiger partial charge is 0.171 e. The molecule has 0 radical (unpaired) electrons. The highest BCUT2D eigenvalue weighted by Gasteiger charge is 2.02. The van der Waals surface area contributed by atoms with Crippen LogP contribution in [-0.4, -0.2) is 25.8 Å². The van der Waals surface area contributed by atoms with Crippen LogP contribution < -0.4 is 5.32 Å². The average Bonchev–Trinajstić information content (AvgIpc) is 2.74. The Labute approximate surface area is 114 Å². The van der Waals surface area contributed by atoms with Gasteiger partial charge < -0.3 is 5.32 Å². The summed E-state index contributed by atoms with van der Waals surface area (Å²) in [6.45, 7) is 4.95. The maximum absolute atomic E-state index is 4.35. The van der Waals surface area contributed by atoms with Gasteiger partial charge >= 0.3 is 0 Å². The minimum absolute atomic E-state index is 0.448. The van der Waals surface area contributed by atoms with Crippen LogP contribution in [0.1, 0.15) is 19.5 Å². The van der Waals surface area contributed by atoms with Gasteiger partial charge in [-0.05, 0) is 22.6 Å². The summed E-state index contributed by atoms with van der Waals surface area (Å²) in [5.74, 6) is 0.737. The van der Waals surface area contributed by atoms with Crippen molar-refractivity contribution >= 4 is 22.6 Å². The van der Waals surface area contributed by atoms with E-state index in [1.807, 2.05) is 6.20 Å². The van der Waals surface area contributed by atoms with Crippen LogP contribution in [0.3, 0.4) is 0 Å². The molecule has 2 aromatic heterocycles. The predicted octanol–water partition coefficient (Wildman–Crippen LogP) is 1.76. The van der Waals surface area contributed by atoms with Crippen LogP contribution in [0.2, 0.25) is 0 Å². The van der Waals surface area contributed by atoms with Crippen LogP contribution in [0, 0.1) is 3.57 Å². The van der Waals surface area contributed by atoms with Crippen molar-refractivity contribution in [3.63, 3.8) is 0 Å². The van der Waals surface area contributed by atoms with E-state index in [-0.39, 0.29) is 0 Å². The summed E-state index contributed by atoms with van der Waals surface area (Å²) in [5, 5.41) is 7.48. The summed E-state index contributed by atoms with van der Waals surface area (Å²) in [6, 6.07) is 0.448. The molecule has 6 heteroatoms. The number of hydrogen-bond donors (Lipinski definition) is 1. The highest BCUT2D eigenvalue weighted by Crippen LogP contribution is 2.06. The fourth-order valence-electron chi connectivity index (χ4n) is 1.29. The molecular weight excluding hydrogens is 329 g/mol. The van der Waals surface area contributed by atoms with Gasteiger partial charge in [-0.2, -0.15) is 5.10 Å². The molecule has 17 heavy (non-hydrogen) atoms. The van der Waals surface area contributed by atoms with Crippen molar-refractivity contribution in [1.82, 2.24) is 25.1 Å². The molecule has 0 amide bonds. The Morgan fingerprint density at radius 3 is 2.65 bits per heavy atom. The second-order valence-electron chi connectivity index (χ2n) is 4.00. The summed E-state index contributed by atoms with van der Waals surface area (Å²) >= 11 is 2.21. The summed E-state index contributed by atoms with van der Waals surface area (Å²) in [6.07, 6.45) is 7.22. The van der Waals surface area contributed by atoms with E-state index in [9.17, 15) is 0 Å². The Bertz CT molecular complexity index is 477. The minimum atomic E-state index is 0.448. The molecular formula is C11H14IN5. The van der Waals surface area contributed by atoms with Crippen LogP contribution in [0.15, 0.2) is 24.8 Å². The summed E-state index contributed by atoms with van der Waals surface area (Å²) in [7, 11) is 0. The lowest BCUT2D eigenvalue weighted by Gasteiger charge is -2.07. The SMILES string of the molecule is CC(C)NCc1cnc(-n2cc(I)cn2)cn1. The normalized spacial score (nSPS) is 11.1. The summed E-state index contributed by atoms with van der Waals surface area (Å²) in [4.78, 5) is 8.68. The largest absolute Gasteiger partial charge is 0.309 e. The molecule has 0 aromatic carbocycles. The highest BCUT2D eigenvalue weighted by molar-refractivity contribution is 14.1. The Morgan fingerprint density at radius 1 is 1.29 bits per heavy atom. The van der Waals surface area contributed by atoms with Crippen LogP contribution in [0.25, 0.3) is 5.82 Å². The monoisotopic (exact) mass is 343 g/mol. The third-order valence-corrected chi connectivity index (χ3v) is 2.73. The molecule has 5 nitrogen and oxygen atoms in total. The van der Waals surface area contributed by atoms with Crippen LogP contribution >= 0.6 is 22.6 Å². The third kappa shape index (κ3) is 3.47. The Kier molecular flexibility index (Phi) is 4.06. The van der Waals surface area contributed by atoms with Gasteiger partial charge in [-0.25, -0.2) is 9.67 Å². The van der Waals surface area contributed by atoms with E-state index in [4.69, 9.17) is 0 Å². The molecule has 1 N–H and O–H groups in total. The van der Waals surface area contributed by atoms with Crippen LogP contribution in [0.5, 0.6) is 0 Å². The number of nitrogens with one attached hydrogen (secondary N) is 1. The maximum Gasteiger partial charge on any atom is 0.171 e. The Hall–Kier alpha value is -1.02. The van der Waals surface area contributed by atoms with E-state index in [1.165, 1.54) is 0 Å². The molecule has 2 rings (SSSR count). The molecule has 0 aliphatic carbocycles. The van der Waals surface area contributed by atoms with E-state index in [2.05, 4.69) is 56.8 Å². The number of nitrogens with zero attached hydrogens (tertiary/aromatic N) is 4. The van der Waals surface area contributed by atoms with E-state index in [0.717, 1.165) is 21.6 Å². The van der Waals surface area contributed by atoms with E-state index in [0.29, 0.717) is 6.04 Å². The van der Waals surface area contributed by atoms with Crippen molar-refractivity contribution in [2.45, 2.75) is 26.4 Å². The average molecular weight is 343 g/mol. The van der Waals surface area contributed by atoms with Crippen molar-refractivity contribution in [1.29, 1.82) is 0 Å². The standard InChI is InChI=1S/C11H14IN5/c1-8(2)13-4-10-5-15-11(6-14-10)17-7-9(12)3-16-17/h3,5-8,13H,4H2,1-2H3. The molecule has 90 valence electrons. The molecule has 2 heterocycles. The number of aromatic nitrogens is 4. The quantitative estimate of drug-likeness (QED) is 0.860. The van der Waals surface area contributed by atoms with Gasteiger partial charge in [0.05, 0.1) is 27.9 Å². The van der Waals surface area contributed by atoms with Crippen molar-refractivity contribution in [3.05, 3.63) is 34.1 Å². The first-order valence-electron chi connectivity index (χ1n) is 5.40. The van der Waals surface area contributed by atoms with Crippen molar-refractivity contribution in [2.24, 2.45) is 0 Å². The molecule has 0 atom stereocenters. The van der Waals surface area contributed by atoms with Gasteiger partial charge in [-0.15, -0.1) is 0 Å². The fraction of sp³-hybridized carbons (Fsp3) is 0.364. The third-order valence-electron chi connectivity index (χ3n) is 2.17. The molecule has 0 unspecified atom stereocenters. The van der Waals surface area contributed by atoms with Gasteiger partial charge in [0.15, 0.2) is 5.82 Å². The fourth-order valence-corrected chi connectivity index (χ4v) is 1.68. The number of hydrogen-bond acceptors (Lipinski definition) is 4. The van der Waals surface area contributed by atoms with Crippen molar-refractivity contribution in [2.75, 3.05) is 0 Å². The van der Waals surface area contributed by atoms with Crippen LogP contribution in [-0.2, 0) is 6.54 Å². The predicted molar refractivity (Wildman–Crippen MR) is 73.8 cm³/mol. The first-order valence-corrected chi connectivity index (χ1v) is 6.48. The summed E-state index contributed by atoms with van der Waals surface area (Å²) < 4.78 is 2.80. The molecule has 0 saturated heterocycles. The lowest BCUT2D eigenvalue weighted by molar-refractivity contribution is 0.579. The second-order valence-corrected chi connectivity index (χ2v) is 5.25. The van der Waals surface area contributed by atoms with Gasteiger partial charge in [0.25, 0.3) is 0 Å². The molecule has 0 aliphatic heterocycles. The minimum Gasteiger partial charge on any atom is -0.309 e. The van der Waals surface area contributed by atoms with Gasteiger partial charge in [0.1, 0.15) is 0 Å².